The number of nitrogens with one attached hydrogen (secondary N) is 2. The quantitative estimate of drug-likeness (QED) is 0.589. The molecule has 0 fully saturated rings. The largest absolute Gasteiger partial charge is 1.00 e. The minimum atomic E-state index is -0.170. The molecule has 0 amide bonds. The summed E-state index contributed by atoms with van der Waals surface area (Å²) >= 11 is 0. The van der Waals surface area contributed by atoms with E-state index < -0.39 is 0 Å². The van der Waals surface area contributed by atoms with E-state index in [-0.39, 0.29) is 35.3 Å². The third kappa shape index (κ3) is 4.50. The van der Waals surface area contributed by atoms with E-state index in [1.165, 1.54) is 33.6 Å². The minimum Gasteiger partial charge on any atom is -0.872 e. The minimum absolute atomic E-state index is 0. The standard InChI is InChI=1S/C24H22N4O3.Na/c1-16-3-7-18(8-4-16)23-14-25-27(30-23)20-11-21(13-22(29)12-20)28-26-15-24(31-28)19-9-5-17(2)6-10-19;/h3-15,25-26,29H,1-2H3;/q;+1/p-1. The SMILES string of the molecule is Cc1ccc(C2=CNN(c3cc([O-])cc(N4NC=C(c5ccc(C)cc5)O4)c3)O2)cc1.[Na+]. The van der Waals surface area contributed by atoms with E-state index in [1.54, 1.807) is 18.5 Å². The van der Waals surface area contributed by atoms with Crippen LogP contribution in [0.5, 0.6) is 5.75 Å². The summed E-state index contributed by atoms with van der Waals surface area (Å²) in [6.07, 6.45) is 3.51. The van der Waals surface area contributed by atoms with Gasteiger partial charge in [-0.15, -0.1) is 16.1 Å². The number of aryl methyl sites for hydroxylation is 2. The van der Waals surface area contributed by atoms with E-state index in [2.05, 4.69) is 10.9 Å². The van der Waals surface area contributed by atoms with Crippen molar-refractivity contribution in [3.63, 3.8) is 0 Å². The van der Waals surface area contributed by atoms with Gasteiger partial charge in [-0.25, -0.2) is 0 Å². The number of nitrogens with zero attached hydrogens (tertiary/aromatic N) is 2. The van der Waals surface area contributed by atoms with Crippen LogP contribution in [0.15, 0.2) is 79.1 Å². The summed E-state index contributed by atoms with van der Waals surface area (Å²) in [6.45, 7) is 4.07. The van der Waals surface area contributed by atoms with Crippen LogP contribution < -0.4 is 55.9 Å². The summed E-state index contributed by atoms with van der Waals surface area (Å²) in [5.74, 6) is 1.16. The zero-order valence-electron chi connectivity index (χ0n) is 18.1. The first-order valence-corrected chi connectivity index (χ1v) is 9.90. The van der Waals surface area contributed by atoms with Crippen LogP contribution in [0.4, 0.5) is 11.4 Å². The molecule has 0 unspecified atom stereocenters. The Balaban J connectivity index is 0.00000245. The van der Waals surface area contributed by atoms with Crippen LogP contribution in [-0.4, -0.2) is 0 Å². The van der Waals surface area contributed by atoms with Crippen LogP contribution in [0.25, 0.3) is 11.5 Å². The fourth-order valence-corrected chi connectivity index (χ4v) is 3.30. The third-order valence-corrected chi connectivity index (χ3v) is 5.02. The molecule has 0 radical (unpaired) electrons. The Morgan fingerprint density at radius 1 is 0.656 bits per heavy atom. The van der Waals surface area contributed by atoms with Crippen LogP contribution in [-0.2, 0) is 9.68 Å². The maximum atomic E-state index is 12.3. The Hall–Kier alpha value is -3.26. The van der Waals surface area contributed by atoms with E-state index in [9.17, 15) is 5.11 Å². The molecular formula is C24H21N4NaO3. The smallest absolute Gasteiger partial charge is 0.872 e. The normalized spacial score (nSPS) is 14.4. The van der Waals surface area contributed by atoms with Gasteiger partial charge in [0, 0.05) is 11.1 Å². The molecule has 2 N–H and O–H groups in total. The second-order valence-electron chi connectivity index (χ2n) is 7.46. The summed E-state index contributed by atoms with van der Waals surface area (Å²) in [5.41, 5.74) is 11.4. The first-order chi connectivity index (χ1) is 15.0. The van der Waals surface area contributed by atoms with Crippen molar-refractivity contribution in [2.45, 2.75) is 13.8 Å². The predicted molar refractivity (Wildman–Crippen MR) is 118 cm³/mol. The van der Waals surface area contributed by atoms with Crippen LogP contribution in [0.2, 0.25) is 0 Å². The molecule has 8 heteroatoms. The van der Waals surface area contributed by atoms with E-state index >= 15 is 0 Å². The van der Waals surface area contributed by atoms with Crippen LogP contribution >= 0.6 is 0 Å². The van der Waals surface area contributed by atoms with Gasteiger partial charge < -0.3 is 14.8 Å². The van der Waals surface area contributed by atoms with Gasteiger partial charge in [0.05, 0.1) is 12.4 Å². The second kappa shape index (κ2) is 9.08. The topological polar surface area (TPSA) is 72.1 Å². The number of hydrogen-bond acceptors (Lipinski definition) is 7. The van der Waals surface area contributed by atoms with Crippen molar-refractivity contribution in [2.75, 3.05) is 10.3 Å². The molecule has 2 heterocycles. The molecule has 0 bridgehead atoms. The zero-order valence-corrected chi connectivity index (χ0v) is 20.1. The first-order valence-electron chi connectivity index (χ1n) is 9.90. The monoisotopic (exact) mass is 436 g/mol. The molecule has 156 valence electrons. The Bertz CT molecular complexity index is 1090. The zero-order chi connectivity index (χ0) is 21.4. The summed E-state index contributed by atoms with van der Waals surface area (Å²) in [6, 6.07) is 20.8. The van der Waals surface area contributed by atoms with Crippen LogP contribution in [0.3, 0.4) is 0 Å². The van der Waals surface area contributed by atoms with Crippen molar-refractivity contribution in [1.29, 1.82) is 0 Å². The van der Waals surface area contributed by atoms with Gasteiger partial charge in [-0.05, 0) is 32.0 Å². The number of anilines is 2. The van der Waals surface area contributed by atoms with E-state index in [0.29, 0.717) is 22.9 Å². The number of rotatable bonds is 4. The average molecular weight is 436 g/mol. The van der Waals surface area contributed by atoms with Crippen molar-refractivity contribution < 1.29 is 44.3 Å². The van der Waals surface area contributed by atoms with Gasteiger partial charge in [-0.1, -0.05) is 59.7 Å². The van der Waals surface area contributed by atoms with E-state index in [4.69, 9.17) is 9.68 Å². The van der Waals surface area contributed by atoms with Gasteiger partial charge in [0.2, 0.25) is 0 Å². The average Bonchev–Trinajstić information content (AvgIpc) is 3.45. The summed E-state index contributed by atoms with van der Waals surface area (Å²) in [5, 5.41) is 15.2. The fourth-order valence-electron chi connectivity index (χ4n) is 3.30. The molecule has 0 spiro atoms. The molecule has 5 rings (SSSR count). The molecule has 2 aliphatic heterocycles. The molecule has 3 aromatic carbocycles. The first kappa shape index (κ1) is 22.0. The van der Waals surface area contributed by atoms with Crippen molar-refractivity contribution in [2.24, 2.45) is 0 Å². The molecular weight excluding hydrogens is 415 g/mol. The van der Waals surface area contributed by atoms with Gasteiger partial charge in [0.25, 0.3) is 0 Å². The molecule has 0 aromatic heterocycles. The molecule has 0 saturated heterocycles. The molecule has 0 saturated carbocycles. The third-order valence-electron chi connectivity index (χ3n) is 5.02. The molecule has 32 heavy (non-hydrogen) atoms. The van der Waals surface area contributed by atoms with Crippen molar-refractivity contribution in [3.05, 3.63) is 101 Å². The predicted octanol–water partition coefficient (Wildman–Crippen LogP) is 0.891. The van der Waals surface area contributed by atoms with Gasteiger partial charge in [-0.3, -0.25) is 10.9 Å². The Morgan fingerprint density at radius 2 is 1.06 bits per heavy atom. The maximum Gasteiger partial charge on any atom is 1.00 e. The van der Waals surface area contributed by atoms with Gasteiger partial charge in [-0.2, -0.15) is 0 Å². The van der Waals surface area contributed by atoms with E-state index in [0.717, 1.165) is 11.1 Å². The Labute approximate surface area is 208 Å². The van der Waals surface area contributed by atoms with Gasteiger partial charge >= 0.3 is 29.6 Å². The van der Waals surface area contributed by atoms with E-state index in [1.807, 2.05) is 62.4 Å². The second-order valence-corrected chi connectivity index (χ2v) is 7.46. The molecule has 2 aliphatic rings. The molecule has 0 atom stereocenters. The number of hydrogen-bond donors (Lipinski definition) is 2. The summed E-state index contributed by atoms with van der Waals surface area (Å²) in [4.78, 5) is 11.8. The Morgan fingerprint density at radius 3 is 1.47 bits per heavy atom. The van der Waals surface area contributed by atoms with Gasteiger partial charge in [0.15, 0.2) is 11.5 Å². The van der Waals surface area contributed by atoms with Crippen molar-refractivity contribution in [3.8, 4) is 5.75 Å². The number of hydrazine groups is 2. The van der Waals surface area contributed by atoms with Crippen molar-refractivity contribution in [1.82, 2.24) is 10.9 Å². The maximum absolute atomic E-state index is 12.3. The van der Waals surface area contributed by atoms with Crippen molar-refractivity contribution >= 4 is 22.9 Å². The van der Waals surface area contributed by atoms with Gasteiger partial charge in [0.1, 0.15) is 11.4 Å². The summed E-state index contributed by atoms with van der Waals surface area (Å²) in [7, 11) is 0. The molecule has 7 nitrogen and oxygen atoms in total. The fraction of sp³-hybridized carbons (Fsp3) is 0.0833. The Kier molecular flexibility index (Phi) is 6.23. The summed E-state index contributed by atoms with van der Waals surface area (Å²) < 4.78 is 0. The molecule has 3 aromatic rings. The van der Waals surface area contributed by atoms with Crippen LogP contribution in [0, 0.1) is 13.8 Å². The van der Waals surface area contributed by atoms with Crippen LogP contribution in [0.1, 0.15) is 22.3 Å². The number of benzene rings is 3. The molecule has 0 aliphatic carbocycles.